The van der Waals surface area contributed by atoms with Crippen LogP contribution in [0.5, 0.6) is 0 Å². The molecular formula is C11H22N2O. The first kappa shape index (κ1) is 11.5. The molecule has 3 nitrogen and oxygen atoms in total. The number of amides is 1. The van der Waals surface area contributed by atoms with Crippen molar-refractivity contribution in [2.75, 3.05) is 6.54 Å². The molecule has 0 radical (unpaired) electrons. The molecule has 3 N–H and O–H groups in total. The number of hydrogen-bond donors (Lipinski definition) is 2. The molecule has 1 saturated carbocycles. The molecule has 0 bridgehead atoms. The topological polar surface area (TPSA) is 55.1 Å². The fourth-order valence-corrected chi connectivity index (χ4v) is 2.21. The SMILES string of the molecule is CCC(=O)NC(CN)C1CCCCC1. The molecule has 82 valence electrons. The predicted octanol–water partition coefficient (Wildman–Crippen LogP) is 1.42. The predicted molar refractivity (Wildman–Crippen MR) is 57.9 cm³/mol. The average Bonchev–Trinajstić information content (AvgIpc) is 2.26. The van der Waals surface area contributed by atoms with Gasteiger partial charge >= 0.3 is 0 Å². The maximum absolute atomic E-state index is 11.3. The number of carbonyl (C=O) groups excluding carboxylic acids is 1. The number of carbonyl (C=O) groups is 1. The average molecular weight is 198 g/mol. The van der Waals surface area contributed by atoms with E-state index in [-0.39, 0.29) is 11.9 Å². The zero-order valence-electron chi connectivity index (χ0n) is 9.09. The van der Waals surface area contributed by atoms with Gasteiger partial charge < -0.3 is 11.1 Å². The van der Waals surface area contributed by atoms with Crippen molar-refractivity contribution >= 4 is 5.91 Å². The molecule has 1 unspecified atom stereocenters. The third-order valence-corrected chi connectivity index (χ3v) is 3.14. The summed E-state index contributed by atoms with van der Waals surface area (Å²) >= 11 is 0. The Labute approximate surface area is 86.4 Å². The van der Waals surface area contributed by atoms with Gasteiger partial charge in [-0.15, -0.1) is 0 Å². The van der Waals surface area contributed by atoms with Gasteiger partial charge in [0.1, 0.15) is 0 Å². The molecule has 1 fully saturated rings. The largest absolute Gasteiger partial charge is 0.352 e. The first-order valence-electron chi connectivity index (χ1n) is 5.77. The van der Waals surface area contributed by atoms with Gasteiger partial charge in [-0.25, -0.2) is 0 Å². The minimum Gasteiger partial charge on any atom is -0.352 e. The lowest BCUT2D eigenvalue weighted by Crippen LogP contribution is -2.45. The van der Waals surface area contributed by atoms with Crippen LogP contribution in [0.1, 0.15) is 45.4 Å². The molecule has 14 heavy (non-hydrogen) atoms. The number of nitrogens with two attached hydrogens (primary N) is 1. The van der Waals surface area contributed by atoms with Crippen molar-refractivity contribution in [2.45, 2.75) is 51.5 Å². The number of rotatable bonds is 4. The molecule has 0 spiro atoms. The highest BCUT2D eigenvalue weighted by molar-refractivity contribution is 5.75. The van der Waals surface area contributed by atoms with E-state index >= 15 is 0 Å². The molecular weight excluding hydrogens is 176 g/mol. The van der Waals surface area contributed by atoms with Crippen molar-refractivity contribution in [3.05, 3.63) is 0 Å². The van der Waals surface area contributed by atoms with Gasteiger partial charge in [-0.05, 0) is 18.8 Å². The zero-order chi connectivity index (χ0) is 10.4. The van der Waals surface area contributed by atoms with E-state index in [0.717, 1.165) is 0 Å². The monoisotopic (exact) mass is 198 g/mol. The van der Waals surface area contributed by atoms with Gasteiger partial charge in [0.05, 0.1) is 0 Å². The van der Waals surface area contributed by atoms with Crippen molar-refractivity contribution < 1.29 is 4.79 Å². The van der Waals surface area contributed by atoms with E-state index in [2.05, 4.69) is 5.32 Å². The Morgan fingerprint density at radius 2 is 2.07 bits per heavy atom. The Bertz CT molecular complexity index is 176. The molecule has 0 aromatic heterocycles. The maximum Gasteiger partial charge on any atom is 0.219 e. The number of nitrogens with one attached hydrogen (secondary N) is 1. The van der Waals surface area contributed by atoms with Gasteiger partial charge in [-0.1, -0.05) is 26.2 Å². The molecule has 1 aliphatic rings. The van der Waals surface area contributed by atoms with E-state index in [1.807, 2.05) is 6.92 Å². The summed E-state index contributed by atoms with van der Waals surface area (Å²) in [5.41, 5.74) is 5.69. The fourth-order valence-electron chi connectivity index (χ4n) is 2.21. The Balaban J connectivity index is 2.39. The zero-order valence-corrected chi connectivity index (χ0v) is 9.09. The Morgan fingerprint density at radius 3 is 2.57 bits per heavy atom. The van der Waals surface area contributed by atoms with Gasteiger partial charge in [0.2, 0.25) is 5.91 Å². The molecule has 0 aromatic carbocycles. The molecule has 1 amide bonds. The molecule has 1 atom stereocenters. The van der Waals surface area contributed by atoms with Crippen molar-refractivity contribution in [1.29, 1.82) is 0 Å². The van der Waals surface area contributed by atoms with Gasteiger partial charge in [-0.2, -0.15) is 0 Å². The third-order valence-electron chi connectivity index (χ3n) is 3.14. The maximum atomic E-state index is 11.3. The summed E-state index contributed by atoms with van der Waals surface area (Å²) in [5, 5.41) is 3.02. The van der Waals surface area contributed by atoms with E-state index < -0.39 is 0 Å². The summed E-state index contributed by atoms with van der Waals surface area (Å²) in [5.74, 6) is 0.746. The minimum absolute atomic E-state index is 0.131. The standard InChI is InChI=1S/C11H22N2O/c1-2-11(14)13-10(8-12)9-6-4-3-5-7-9/h9-10H,2-8,12H2,1H3,(H,13,14). The van der Waals surface area contributed by atoms with E-state index in [4.69, 9.17) is 5.73 Å². The third kappa shape index (κ3) is 3.29. The van der Waals surface area contributed by atoms with Crippen LogP contribution < -0.4 is 11.1 Å². The second-order valence-electron chi connectivity index (χ2n) is 4.16. The minimum atomic E-state index is 0.131. The van der Waals surface area contributed by atoms with E-state index in [1.165, 1.54) is 32.1 Å². The van der Waals surface area contributed by atoms with Crippen molar-refractivity contribution in [3.8, 4) is 0 Å². The van der Waals surface area contributed by atoms with E-state index in [0.29, 0.717) is 18.9 Å². The van der Waals surface area contributed by atoms with Gasteiger partial charge in [0.15, 0.2) is 0 Å². The van der Waals surface area contributed by atoms with Gasteiger partial charge in [-0.3, -0.25) is 4.79 Å². The highest BCUT2D eigenvalue weighted by Gasteiger charge is 2.23. The van der Waals surface area contributed by atoms with Crippen molar-refractivity contribution in [3.63, 3.8) is 0 Å². The molecule has 0 aromatic rings. The summed E-state index contributed by atoms with van der Waals surface area (Å²) in [6, 6.07) is 0.211. The quantitative estimate of drug-likeness (QED) is 0.718. The highest BCUT2D eigenvalue weighted by atomic mass is 16.1. The Hall–Kier alpha value is -0.570. The lowest BCUT2D eigenvalue weighted by atomic mass is 9.84. The van der Waals surface area contributed by atoms with Crippen molar-refractivity contribution in [1.82, 2.24) is 5.32 Å². The van der Waals surface area contributed by atoms with E-state index in [1.54, 1.807) is 0 Å². The summed E-state index contributed by atoms with van der Waals surface area (Å²) in [6.07, 6.45) is 6.95. The first-order valence-corrected chi connectivity index (χ1v) is 5.77. The number of hydrogen-bond acceptors (Lipinski definition) is 2. The van der Waals surface area contributed by atoms with Crippen molar-refractivity contribution in [2.24, 2.45) is 11.7 Å². The first-order chi connectivity index (χ1) is 6.77. The second kappa shape index (κ2) is 6.02. The van der Waals surface area contributed by atoms with Crippen LogP contribution in [0.4, 0.5) is 0 Å². The lowest BCUT2D eigenvalue weighted by Gasteiger charge is -2.29. The van der Waals surface area contributed by atoms with Crippen LogP contribution in [0, 0.1) is 5.92 Å². The molecule has 1 aliphatic carbocycles. The van der Waals surface area contributed by atoms with Gasteiger partial charge in [0, 0.05) is 19.0 Å². The van der Waals surface area contributed by atoms with Crippen LogP contribution in [0.15, 0.2) is 0 Å². The van der Waals surface area contributed by atoms with Gasteiger partial charge in [0.25, 0.3) is 0 Å². The van der Waals surface area contributed by atoms with Crippen LogP contribution in [0.25, 0.3) is 0 Å². The summed E-state index contributed by atoms with van der Waals surface area (Å²) in [6.45, 7) is 2.46. The summed E-state index contributed by atoms with van der Waals surface area (Å²) < 4.78 is 0. The Kier molecular flexibility index (Phi) is 4.94. The molecule has 0 aliphatic heterocycles. The van der Waals surface area contributed by atoms with Crippen LogP contribution in [0.3, 0.4) is 0 Å². The van der Waals surface area contributed by atoms with Crippen LogP contribution in [-0.4, -0.2) is 18.5 Å². The van der Waals surface area contributed by atoms with Crippen LogP contribution >= 0.6 is 0 Å². The van der Waals surface area contributed by atoms with E-state index in [9.17, 15) is 4.79 Å². The molecule has 0 heterocycles. The summed E-state index contributed by atoms with van der Waals surface area (Å²) in [4.78, 5) is 11.3. The molecule has 1 rings (SSSR count). The normalized spacial score (nSPS) is 20.4. The smallest absolute Gasteiger partial charge is 0.219 e. The summed E-state index contributed by atoms with van der Waals surface area (Å²) in [7, 11) is 0. The van der Waals surface area contributed by atoms with Crippen LogP contribution in [0.2, 0.25) is 0 Å². The van der Waals surface area contributed by atoms with Crippen LogP contribution in [-0.2, 0) is 4.79 Å². The fraction of sp³-hybridized carbons (Fsp3) is 0.909. The highest BCUT2D eigenvalue weighted by Crippen LogP contribution is 2.26. The second-order valence-corrected chi connectivity index (χ2v) is 4.16. The molecule has 0 saturated heterocycles. The molecule has 3 heteroatoms. The Morgan fingerprint density at radius 1 is 1.43 bits per heavy atom. The lowest BCUT2D eigenvalue weighted by molar-refractivity contribution is -0.121.